The SMILES string of the molecule is COc1cc2nc(-c3ccnc(N4CCOCC4)c3)nc(N)c2cc1N. The summed E-state index contributed by atoms with van der Waals surface area (Å²) in [6.45, 7) is 3.03. The molecule has 1 aliphatic rings. The van der Waals surface area contributed by atoms with Crippen LogP contribution >= 0.6 is 0 Å². The van der Waals surface area contributed by atoms with Gasteiger partial charge < -0.3 is 25.8 Å². The molecular formula is C18H20N6O2. The number of aromatic nitrogens is 3. The van der Waals surface area contributed by atoms with Gasteiger partial charge in [-0.25, -0.2) is 15.0 Å². The van der Waals surface area contributed by atoms with Crippen molar-refractivity contribution in [1.82, 2.24) is 15.0 Å². The first-order chi connectivity index (χ1) is 12.7. The van der Waals surface area contributed by atoms with Crippen molar-refractivity contribution >= 4 is 28.2 Å². The van der Waals surface area contributed by atoms with Gasteiger partial charge in [0.25, 0.3) is 0 Å². The summed E-state index contributed by atoms with van der Waals surface area (Å²) in [7, 11) is 1.57. The van der Waals surface area contributed by atoms with Crippen molar-refractivity contribution < 1.29 is 9.47 Å². The standard InChI is InChI=1S/C18H20N6O2/c1-25-15-10-14-12(9-13(15)19)17(20)23-18(22-14)11-2-3-21-16(8-11)24-4-6-26-7-5-24/h2-3,8-10H,4-7,19H2,1H3,(H2,20,22,23). The molecule has 0 amide bonds. The topological polar surface area (TPSA) is 112 Å². The van der Waals surface area contributed by atoms with E-state index in [-0.39, 0.29) is 0 Å². The van der Waals surface area contributed by atoms with Crippen LogP contribution in [0, 0.1) is 0 Å². The lowest BCUT2D eigenvalue weighted by molar-refractivity contribution is 0.122. The van der Waals surface area contributed by atoms with Gasteiger partial charge in [0.05, 0.1) is 31.5 Å². The van der Waals surface area contributed by atoms with E-state index < -0.39 is 0 Å². The molecule has 8 heteroatoms. The van der Waals surface area contributed by atoms with Gasteiger partial charge in [-0.05, 0) is 18.2 Å². The Hall–Kier alpha value is -3.13. The second-order valence-corrected chi connectivity index (χ2v) is 6.05. The summed E-state index contributed by atoms with van der Waals surface area (Å²) in [5.41, 5.74) is 14.1. The zero-order chi connectivity index (χ0) is 18.1. The molecule has 1 aromatic carbocycles. The molecule has 4 rings (SSSR count). The van der Waals surface area contributed by atoms with Crippen LogP contribution in [0.1, 0.15) is 0 Å². The van der Waals surface area contributed by atoms with Gasteiger partial charge in [-0.1, -0.05) is 0 Å². The zero-order valence-electron chi connectivity index (χ0n) is 14.5. The lowest BCUT2D eigenvalue weighted by atomic mass is 10.1. The average molecular weight is 352 g/mol. The van der Waals surface area contributed by atoms with Crippen LogP contribution in [0.25, 0.3) is 22.3 Å². The number of methoxy groups -OCH3 is 1. The number of morpholine rings is 1. The third-order valence-electron chi connectivity index (χ3n) is 4.42. The molecule has 4 N–H and O–H groups in total. The van der Waals surface area contributed by atoms with E-state index in [2.05, 4.69) is 19.9 Å². The third-order valence-corrected chi connectivity index (χ3v) is 4.42. The number of pyridine rings is 1. The van der Waals surface area contributed by atoms with E-state index in [1.54, 1.807) is 25.4 Å². The van der Waals surface area contributed by atoms with Crippen molar-refractivity contribution in [3.8, 4) is 17.1 Å². The highest BCUT2D eigenvalue weighted by molar-refractivity contribution is 5.93. The fourth-order valence-corrected chi connectivity index (χ4v) is 3.03. The van der Waals surface area contributed by atoms with Crippen molar-refractivity contribution in [3.05, 3.63) is 30.5 Å². The second-order valence-electron chi connectivity index (χ2n) is 6.05. The van der Waals surface area contributed by atoms with Crippen LogP contribution in [0.5, 0.6) is 5.75 Å². The molecule has 0 atom stereocenters. The van der Waals surface area contributed by atoms with Gasteiger partial charge in [0, 0.05) is 36.3 Å². The van der Waals surface area contributed by atoms with Crippen LogP contribution in [-0.4, -0.2) is 48.4 Å². The molecule has 8 nitrogen and oxygen atoms in total. The van der Waals surface area contributed by atoms with Gasteiger partial charge in [0.15, 0.2) is 5.82 Å². The Morgan fingerprint density at radius 2 is 1.92 bits per heavy atom. The van der Waals surface area contributed by atoms with Crippen molar-refractivity contribution in [2.24, 2.45) is 0 Å². The molecule has 2 aromatic heterocycles. The first-order valence-electron chi connectivity index (χ1n) is 8.35. The molecule has 0 spiro atoms. The van der Waals surface area contributed by atoms with E-state index in [1.165, 1.54) is 0 Å². The molecule has 134 valence electrons. The average Bonchev–Trinajstić information content (AvgIpc) is 2.69. The lowest BCUT2D eigenvalue weighted by Crippen LogP contribution is -2.36. The monoisotopic (exact) mass is 352 g/mol. The number of rotatable bonds is 3. The van der Waals surface area contributed by atoms with Gasteiger partial charge in [0.1, 0.15) is 17.4 Å². The highest BCUT2D eigenvalue weighted by Crippen LogP contribution is 2.31. The molecular weight excluding hydrogens is 332 g/mol. The maximum atomic E-state index is 6.15. The molecule has 0 bridgehead atoms. The summed E-state index contributed by atoms with van der Waals surface area (Å²) in [4.78, 5) is 15.7. The summed E-state index contributed by atoms with van der Waals surface area (Å²) in [5.74, 6) is 2.36. The number of nitrogens with zero attached hydrogens (tertiary/aromatic N) is 4. The largest absolute Gasteiger partial charge is 0.495 e. The second kappa shape index (κ2) is 6.64. The van der Waals surface area contributed by atoms with Gasteiger partial charge in [-0.2, -0.15) is 0 Å². The highest BCUT2D eigenvalue weighted by Gasteiger charge is 2.15. The zero-order valence-corrected chi connectivity index (χ0v) is 14.5. The van der Waals surface area contributed by atoms with Crippen molar-refractivity contribution in [2.75, 3.05) is 49.8 Å². The Morgan fingerprint density at radius 3 is 2.69 bits per heavy atom. The van der Waals surface area contributed by atoms with Gasteiger partial charge in [-0.15, -0.1) is 0 Å². The maximum absolute atomic E-state index is 6.15. The normalized spacial score (nSPS) is 14.6. The van der Waals surface area contributed by atoms with Gasteiger partial charge in [0.2, 0.25) is 0 Å². The Balaban J connectivity index is 1.77. The van der Waals surface area contributed by atoms with E-state index >= 15 is 0 Å². The first-order valence-corrected chi connectivity index (χ1v) is 8.35. The van der Waals surface area contributed by atoms with Crippen LogP contribution < -0.4 is 21.1 Å². The Kier molecular flexibility index (Phi) is 4.18. The fourth-order valence-electron chi connectivity index (χ4n) is 3.03. The van der Waals surface area contributed by atoms with Crippen molar-refractivity contribution in [2.45, 2.75) is 0 Å². The third kappa shape index (κ3) is 2.95. The molecule has 1 fully saturated rings. The summed E-state index contributed by atoms with van der Waals surface area (Å²) < 4.78 is 10.7. The Morgan fingerprint density at radius 1 is 1.12 bits per heavy atom. The van der Waals surface area contributed by atoms with E-state index in [9.17, 15) is 0 Å². The molecule has 3 heterocycles. The summed E-state index contributed by atoms with van der Waals surface area (Å²) in [6.07, 6.45) is 1.76. The number of hydrogen-bond donors (Lipinski definition) is 2. The molecule has 3 aromatic rings. The smallest absolute Gasteiger partial charge is 0.162 e. The number of hydrogen-bond acceptors (Lipinski definition) is 8. The molecule has 0 unspecified atom stereocenters. The number of nitrogens with two attached hydrogens (primary N) is 2. The lowest BCUT2D eigenvalue weighted by Gasteiger charge is -2.27. The van der Waals surface area contributed by atoms with Crippen LogP contribution in [-0.2, 0) is 4.74 Å². The minimum Gasteiger partial charge on any atom is -0.495 e. The summed E-state index contributed by atoms with van der Waals surface area (Å²) in [5, 5.41) is 0.703. The molecule has 1 aliphatic heterocycles. The minimum atomic E-state index is 0.379. The number of benzene rings is 1. The van der Waals surface area contributed by atoms with Gasteiger partial charge >= 0.3 is 0 Å². The number of fused-ring (bicyclic) bond motifs is 1. The van der Waals surface area contributed by atoms with E-state index in [0.29, 0.717) is 47.2 Å². The van der Waals surface area contributed by atoms with E-state index in [4.69, 9.17) is 20.9 Å². The summed E-state index contributed by atoms with van der Waals surface area (Å²) >= 11 is 0. The van der Waals surface area contributed by atoms with E-state index in [0.717, 1.165) is 24.5 Å². The maximum Gasteiger partial charge on any atom is 0.162 e. The molecule has 0 radical (unpaired) electrons. The van der Waals surface area contributed by atoms with Crippen molar-refractivity contribution in [3.63, 3.8) is 0 Å². The molecule has 1 saturated heterocycles. The fraction of sp³-hybridized carbons (Fsp3) is 0.278. The molecule has 0 aliphatic carbocycles. The number of ether oxygens (including phenoxy) is 2. The van der Waals surface area contributed by atoms with Crippen molar-refractivity contribution in [1.29, 1.82) is 0 Å². The van der Waals surface area contributed by atoms with Crippen LogP contribution in [0.3, 0.4) is 0 Å². The predicted octanol–water partition coefficient (Wildman–Crippen LogP) is 1.70. The van der Waals surface area contributed by atoms with Crippen LogP contribution in [0.15, 0.2) is 30.5 Å². The quantitative estimate of drug-likeness (QED) is 0.685. The van der Waals surface area contributed by atoms with E-state index in [1.807, 2.05) is 12.1 Å². The predicted molar refractivity (Wildman–Crippen MR) is 101 cm³/mol. The molecule has 26 heavy (non-hydrogen) atoms. The molecule has 0 saturated carbocycles. The highest BCUT2D eigenvalue weighted by atomic mass is 16.5. The minimum absolute atomic E-state index is 0.379. The Labute approximate surface area is 150 Å². The van der Waals surface area contributed by atoms with Crippen LogP contribution in [0.4, 0.5) is 17.3 Å². The summed E-state index contributed by atoms with van der Waals surface area (Å²) in [6, 6.07) is 7.36. The number of nitrogen functional groups attached to an aromatic ring is 2. The van der Waals surface area contributed by atoms with Gasteiger partial charge in [-0.3, -0.25) is 0 Å². The number of anilines is 3. The first kappa shape index (κ1) is 16.3. The Bertz CT molecular complexity index is 956. The van der Waals surface area contributed by atoms with Crippen LogP contribution in [0.2, 0.25) is 0 Å².